The van der Waals surface area contributed by atoms with Crippen molar-refractivity contribution in [1.29, 1.82) is 0 Å². The van der Waals surface area contributed by atoms with Crippen LogP contribution in [0.15, 0.2) is 48.5 Å². The number of nitrogens with two attached hydrogens (primary N) is 1. The van der Waals surface area contributed by atoms with Crippen molar-refractivity contribution in [3.8, 4) is 11.5 Å². The first-order chi connectivity index (χ1) is 9.24. The lowest BCUT2D eigenvalue weighted by atomic mass is 10.1. The van der Waals surface area contributed by atoms with Gasteiger partial charge < -0.3 is 15.2 Å². The van der Waals surface area contributed by atoms with Gasteiger partial charge in [0, 0.05) is 6.54 Å². The molecule has 0 bridgehead atoms. The molecule has 2 aromatic rings. The van der Waals surface area contributed by atoms with Crippen molar-refractivity contribution in [2.75, 3.05) is 13.7 Å². The maximum absolute atomic E-state index is 5.98. The highest BCUT2D eigenvalue weighted by Gasteiger charge is 2.13. The Labute approximate surface area is 126 Å². The van der Waals surface area contributed by atoms with Crippen LogP contribution in [0.5, 0.6) is 11.5 Å². The topological polar surface area (TPSA) is 44.5 Å². The highest BCUT2D eigenvalue weighted by atomic mass is 127. The van der Waals surface area contributed by atoms with Crippen LogP contribution in [0.1, 0.15) is 11.7 Å². The standard InChI is InChI=1S/C15H16INO2/c1-18-12-8-6-11(7-9-12)15(10-17)19-14-5-3-2-4-13(14)16/h2-9,15H,10,17H2,1H3. The van der Waals surface area contributed by atoms with Crippen LogP contribution in [0.4, 0.5) is 0 Å². The van der Waals surface area contributed by atoms with Crippen LogP contribution < -0.4 is 15.2 Å². The van der Waals surface area contributed by atoms with Crippen molar-refractivity contribution >= 4 is 22.6 Å². The van der Waals surface area contributed by atoms with Gasteiger partial charge in [-0.15, -0.1) is 0 Å². The zero-order chi connectivity index (χ0) is 13.7. The van der Waals surface area contributed by atoms with Crippen LogP contribution in [-0.4, -0.2) is 13.7 Å². The van der Waals surface area contributed by atoms with Gasteiger partial charge in [0.25, 0.3) is 0 Å². The molecule has 3 nitrogen and oxygen atoms in total. The summed E-state index contributed by atoms with van der Waals surface area (Å²) < 4.78 is 12.2. The molecule has 1 atom stereocenters. The smallest absolute Gasteiger partial charge is 0.136 e. The number of hydrogen-bond acceptors (Lipinski definition) is 3. The van der Waals surface area contributed by atoms with Gasteiger partial charge >= 0.3 is 0 Å². The second-order valence-corrected chi connectivity index (χ2v) is 5.21. The fraction of sp³-hybridized carbons (Fsp3) is 0.200. The zero-order valence-corrected chi connectivity index (χ0v) is 12.8. The minimum atomic E-state index is -0.151. The van der Waals surface area contributed by atoms with Crippen molar-refractivity contribution in [2.45, 2.75) is 6.10 Å². The summed E-state index contributed by atoms with van der Waals surface area (Å²) >= 11 is 2.25. The van der Waals surface area contributed by atoms with Gasteiger partial charge in [0.15, 0.2) is 0 Å². The van der Waals surface area contributed by atoms with Gasteiger partial charge in [0.2, 0.25) is 0 Å². The number of para-hydroxylation sites is 1. The quantitative estimate of drug-likeness (QED) is 0.822. The molecular formula is C15H16INO2. The van der Waals surface area contributed by atoms with Gasteiger partial charge in [-0.25, -0.2) is 0 Å². The SMILES string of the molecule is COc1ccc(C(CN)Oc2ccccc2I)cc1. The van der Waals surface area contributed by atoms with E-state index < -0.39 is 0 Å². The third kappa shape index (κ3) is 3.61. The van der Waals surface area contributed by atoms with E-state index in [1.54, 1.807) is 7.11 Å². The third-order valence-electron chi connectivity index (χ3n) is 2.81. The summed E-state index contributed by atoms with van der Waals surface area (Å²) in [5, 5.41) is 0. The van der Waals surface area contributed by atoms with E-state index in [0.29, 0.717) is 6.54 Å². The maximum Gasteiger partial charge on any atom is 0.136 e. The Morgan fingerprint density at radius 3 is 2.37 bits per heavy atom. The molecule has 100 valence electrons. The number of halogens is 1. The maximum atomic E-state index is 5.98. The number of ether oxygens (including phenoxy) is 2. The second-order valence-electron chi connectivity index (χ2n) is 4.05. The average Bonchev–Trinajstić information content (AvgIpc) is 2.47. The van der Waals surface area contributed by atoms with Gasteiger partial charge in [-0.1, -0.05) is 24.3 Å². The average molecular weight is 369 g/mol. The van der Waals surface area contributed by atoms with E-state index in [-0.39, 0.29) is 6.10 Å². The van der Waals surface area contributed by atoms with E-state index in [1.165, 1.54) is 0 Å². The first-order valence-corrected chi connectivity index (χ1v) is 7.07. The molecule has 0 amide bonds. The van der Waals surface area contributed by atoms with Gasteiger partial charge in [-0.05, 0) is 52.4 Å². The van der Waals surface area contributed by atoms with Gasteiger partial charge in [-0.3, -0.25) is 0 Å². The van der Waals surface area contributed by atoms with E-state index in [1.807, 2.05) is 48.5 Å². The molecule has 0 spiro atoms. The molecule has 0 aromatic heterocycles. The minimum Gasteiger partial charge on any atom is -0.497 e. The Balaban J connectivity index is 2.17. The molecule has 1 unspecified atom stereocenters. The summed E-state index contributed by atoms with van der Waals surface area (Å²) in [6.45, 7) is 0.428. The van der Waals surface area contributed by atoms with E-state index >= 15 is 0 Å². The van der Waals surface area contributed by atoms with Crippen molar-refractivity contribution in [1.82, 2.24) is 0 Å². The Morgan fingerprint density at radius 2 is 1.79 bits per heavy atom. The molecular weight excluding hydrogens is 353 g/mol. The lowest BCUT2D eigenvalue weighted by molar-refractivity contribution is 0.212. The van der Waals surface area contributed by atoms with Crippen LogP contribution in [0.25, 0.3) is 0 Å². The largest absolute Gasteiger partial charge is 0.497 e. The van der Waals surface area contributed by atoms with Gasteiger partial charge in [0.05, 0.1) is 10.7 Å². The molecule has 2 rings (SSSR count). The van der Waals surface area contributed by atoms with Gasteiger partial charge in [0.1, 0.15) is 17.6 Å². The van der Waals surface area contributed by atoms with E-state index in [9.17, 15) is 0 Å². The predicted molar refractivity (Wildman–Crippen MR) is 84.6 cm³/mol. The van der Waals surface area contributed by atoms with Crippen molar-refractivity contribution in [3.63, 3.8) is 0 Å². The molecule has 0 aliphatic heterocycles. The fourth-order valence-corrected chi connectivity index (χ4v) is 2.28. The molecule has 0 aliphatic carbocycles. The highest BCUT2D eigenvalue weighted by molar-refractivity contribution is 14.1. The summed E-state index contributed by atoms with van der Waals surface area (Å²) in [5.41, 5.74) is 6.86. The number of rotatable bonds is 5. The molecule has 2 aromatic carbocycles. The molecule has 0 radical (unpaired) electrons. The molecule has 0 aliphatic rings. The number of methoxy groups -OCH3 is 1. The molecule has 0 heterocycles. The van der Waals surface area contributed by atoms with Crippen LogP contribution in [-0.2, 0) is 0 Å². The molecule has 2 N–H and O–H groups in total. The lowest BCUT2D eigenvalue weighted by Gasteiger charge is -2.19. The Hall–Kier alpha value is -1.27. The Morgan fingerprint density at radius 1 is 1.11 bits per heavy atom. The van der Waals surface area contributed by atoms with E-state index in [4.69, 9.17) is 15.2 Å². The molecule has 0 saturated carbocycles. The number of hydrogen-bond donors (Lipinski definition) is 1. The van der Waals surface area contributed by atoms with E-state index in [2.05, 4.69) is 22.6 Å². The summed E-state index contributed by atoms with van der Waals surface area (Å²) in [7, 11) is 1.65. The van der Waals surface area contributed by atoms with Crippen LogP contribution >= 0.6 is 22.6 Å². The third-order valence-corrected chi connectivity index (χ3v) is 3.70. The summed E-state index contributed by atoms with van der Waals surface area (Å²) in [6.07, 6.45) is -0.151. The van der Waals surface area contributed by atoms with Crippen molar-refractivity contribution in [3.05, 3.63) is 57.7 Å². The summed E-state index contributed by atoms with van der Waals surface area (Å²) in [5.74, 6) is 1.68. The van der Waals surface area contributed by atoms with Crippen LogP contribution in [0.2, 0.25) is 0 Å². The molecule has 0 saturated heterocycles. The first-order valence-electron chi connectivity index (χ1n) is 6.00. The molecule has 19 heavy (non-hydrogen) atoms. The summed E-state index contributed by atoms with van der Waals surface area (Å²) in [6, 6.07) is 15.7. The van der Waals surface area contributed by atoms with Crippen molar-refractivity contribution < 1.29 is 9.47 Å². The first kappa shape index (κ1) is 14.1. The predicted octanol–water partition coefficient (Wildman–Crippen LogP) is 3.38. The lowest BCUT2D eigenvalue weighted by Crippen LogP contribution is -2.18. The molecule has 0 fully saturated rings. The Bertz CT molecular complexity index is 528. The second kappa shape index (κ2) is 6.77. The van der Waals surface area contributed by atoms with Gasteiger partial charge in [-0.2, -0.15) is 0 Å². The monoisotopic (exact) mass is 369 g/mol. The Kier molecular flexibility index (Phi) is 5.04. The van der Waals surface area contributed by atoms with Crippen LogP contribution in [0.3, 0.4) is 0 Å². The zero-order valence-electron chi connectivity index (χ0n) is 10.7. The summed E-state index contributed by atoms with van der Waals surface area (Å²) in [4.78, 5) is 0. The highest BCUT2D eigenvalue weighted by Crippen LogP contribution is 2.26. The fourth-order valence-electron chi connectivity index (χ4n) is 1.76. The van der Waals surface area contributed by atoms with Crippen LogP contribution in [0, 0.1) is 3.57 Å². The normalized spacial score (nSPS) is 11.9. The minimum absolute atomic E-state index is 0.151. The van der Waals surface area contributed by atoms with Crippen molar-refractivity contribution in [2.24, 2.45) is 5.73 Å². The molecule has 4 heteroatoms. The van der Waals surface area contributed by atoms with E-state index in [0.717, 1.165) is 20.6 Å². The number of benzene rings is 2.